The highest BCUT2D eigenvalue weighted by molar-refractivity contribution is 9.10. The maximum atomic E-state index is 12.0. The molecule has 18 heavy (non-hydrogen) atoms. The van der Waals surface area contributed by atoms with Crippen LogP contribution in [0, 0.1) is 0 Å². The van der Waals surface area contributed by atoms with Crippen molar-refractivity contribution in [1.82, 2.24) is 0 Å². The molecule has 0 atom stereocenters. The molecule has 0 aliphatic heterocycles. The van der Waals surface area contributed by atoms with Gasteiger partial charge in [0, 0.05) is 15.7 Å². The molecule has 90 valence electrons. The van der Waals surface area contributed by atoms with Gasteiger partial charge in [-0.1, -0.05) is 58.5 Å². The summed E-state index contributed by atoms with van der Waals surface area (Å²) in [7, 11) is 0. The van der Waals surface area contributed by atoms with Crippen molar-refractivity contribution in [3.8, 4) is 0 Å². The molecule has 4 heteroatoms. The number of anilines is 1. The van der Waals surface area contributed by atoms with Crippen LogP contribution in [0.25, 0.3) is 0 Å². The number of hydrogen-bond acceptors (Lipinski definition) is 2. The molecule has 2 aromatic rings. The smallest absolute Gasteiger partial charge is 0.220 e. The highest BCUT2D eigenvalue weighted by Crippen LogP contribution is 2.14. The third kappa shape index (κ3) is 3.24. The molecule has 0 aliphatic rings. The Balaban J connectivity index is 2.09. The first-order valence-electron chi connectivity index (χ1n) is 5.33. The molecule has 0 spiro atoms. The van der Waals surface area contributed by atoms with Gasteiger partial charge in [0.15, 0.2) is 4.99 Å². The van der Waals surface area contributed by atoms with Crippen LogP contribution >= 0.6 is 28.1 Å². The molecule has 0 unspecified atom stereocenters. The van der Waals surface area contributed by atoms with E-state index in [4.69, 9.17) is 12.2 Å². The Morgan fingerprint density at radius 1 is 1.00 bits per heavy atom. The third-order valence-electron chi connectivity index (χ3n) is 2.34. The van der Waals surface area contributed by atoms with Crippen LogP contribution in [-0.4, -0.2) is 10.8 Å². The number of carbonyl (C=O) groups is 1. The number of Topliss-reactive ketones (excluding diaryl/α,β-unsaturated/α-hetero) is 1. The van der Waals surface area contributed by atoms with Crippen LogP contribution in [0.4, 0.5) is 5.69 Å². The Hall–Kier alpha value is -1.52. The lowest BCUT2D eigenvalue weighted by Crippen LogP contribution is -2.20. The molecular weight excluding hydrogens is 310 g/mol. The second kappa shape index (κ2) is 5.89. The summed E-state index contributed by atoms with van der Waals surface area (Å²) in [5.41, 5.74) is 1.39. The summed E-state index contributed by atoms with van der Waals surface area (Å²) in [6, 6.07) is 16.5. The average Bonchev–Trinajstić information content (AvgIpc) is 2.41. The van der Waals surface area contributed by atoms with E-state index in [-0.39, 0.29) is 10.8 Å². The van der Waals surface area contributed by atoms with Gasteiger partial charge in [0.1, 0.15) is 0 Å². The van der Waals surface area contributed by atoms with Gasteiger partial charge in [-0.05, 0) is 24.3 Å². The largest absolute Gasteiger partial charge is 0.343 e. The lowest BCUT2D eigenvalue weighted by Gasteiger charge is -2.07. The highest BCUT2D eigenvalue weighted by Gasteiger charge is 2.11. The second-order valence-corrected chi connectivity index (χ2v) is 4.98. The van der Waals surface area contributed by atoms with E-state index in [1.165, 1.54) is 0 Å². The zero-order chi connectivity index (χ0) is 13.0. The van der Waals surface area contributed by atoms with Gasteiger partial charge in [-0.2, -0.15) is 0 Å². The Kier molecular flexibility index (Phi) is 4.23. The molecule has 0 radical (unpaired) electrons. The second-order valence-electron chi connectivity index (χ2n) is 3.66. The zero-order valence-electron chi connectivity index (χ0n) is 9.39. The Labute approximate surface area is 119 Å². The topological polar surface area (TPSA) is 29.1 Å². The molecule has 1 N–H and O–H groups in total. The average molecular weight is 320 g/mol. The van der Waals surface area contributed by atoms with Crippen molar-refractivity contribution in [2.24, 2.45) is 0 Å². The molecule has 0 heterocycles. The Morgan fingerprint density at radius 3 is 2.22 bits per heavy atom. The molecule has 2 aromatic carbocycles. The number of carbonyl (C=O) groups excluding carboxylic acids is 1. The SMILES string of the molecule is O=C(C(=S)Nc1ccc(Br)cc1)c1ccccc1. The maximum Gasteiger partial charge on any atom is 0.220 e. The predicted molar refractivity (Wildman–Crippen MR) is 81.1 cm³/mol. The minimum atomic E-state index is -0.173. The summed E-state index contributed by atoms with van der Waals surface area (Å²) < 4.78 is 0.980. The molecule has 0 amide bonds. The standard InChI is InChI=1S/C14H10BrNOS/c15-11-6-8-12(9-7-11)16-14(18)13(17)10-4-2-1-3-5-10/h1-9H,(H,16,18). The molecular formula is C14H10BrNOS. The third-order valence-corrected chi connectivity index (χ3v) is 3.16. The summed E-state index contributed by atoms with van der Waals surface area (Å²) in [4.78, 5) is 12.2. The van der Waals surface area contributed by atoms with Gasteiger partial charge in [-0.3, -0.25) is 4.79 Å². The Bertz CT molecular complexity index is 566. The summed E-state index contributed by atoms with van der Waals surface area (Å²) in [5.74, 6) is -0.173. The van der Waals surface area contributed by atoms with E-state index in [1.54, 1.807) is 12.1 Å². The number of ketones is 1. The number of rotatable bonds is 3. The molecule has 2 nitrogen and oxygen atoms in total. The van der Waals surface area contributed by atoms with Crippen LogP contribution in [0.1, 0.15) is 10.4 Å². The van der Waals surface area contributed by atoms with Crippen molar-refractivity contribution in [2.45, 2.75) is 0 Å². The normalized spacial score (nSPS) is 9.83. The van der Waals surface area contributed by atoms with Gasteiger partial charge in [-0.25, -0.2) is 0 Å². The van der Waals surface area contributed by atoms with E-state index in [0.29, 0.717) is 5.56 Å². The lowest BCUT2D eigenvalue weighted by atomic mass is 10.1. The van der Waals surface area contributed by atoms with Crippen LogP contribution < -0.4 is 5.32 Å². The molecule has 0 aromatic heterocycles. The fourth-order valence-electron chi connectivity index (χ4n) is 1.44. The van der Waals surface area contributed by atoms with Crippen LogP contribution in [0.2, 0.25) is 0 Å². The lowest BCUT2D eigenvalue weighted by molar-refractivity contribution is 0.106. The number of nitrogens with one attached hydrogen (secondary N) is 1. The summed E-state index contributed by atoms with van der Waals surface area (Å²) in [5, 5.41) is 2.93. The predicted octanol–water partition coefficient (Wildman–Crippen LogP) is 4.07. The first-order chi connectivity index (χ1) is 8.66. The van der Waals surface area contributed by atoms with E-state index >= 15 is 0 Å². The van der Waals surface area contributed by atoms with Gasteiger partial charge < -0.3 is 5.32 Å². The van der Waals surface area contributed by atoms with Gasteiger partial charge in [0.2, 0.25) is 5.78 Å². The summed E-state index contributed by atoms with van der Waals surface area (Å²) in [6.07, 6.45) is 0. The van der Waals surface area contributed by atoms with E-state index in [2.05, 4.69) is 21.2 Å². The van der Waals surface area contributed by atoms with Crippen molar-refractivity contribution >= 4 is 44.6 Å². The first-order valence-corrected chi connectivity index (χ1v) is 6.53. The number of benzene rings is 2. The van der Waals surface area contributed by atoms with Gasteiger partial charge in [0.25, 0.3) is 0 Å². The van der Waals surface area contributed by atoms with E-state index in [0.717, 1.165) is 10.2 Å². The van der Waals surface area contributed by atoms with Crippen LogP contribution in [0.15, 0.2) is 59.1 Å². The monoisotopic (exact) mass is 319 g/mol. The summed E-state index contributed by atoms with van der Waals surface area (Å²) >= 11 is 8.45. The fourth-order valence-corrected chi connectivity index (χ4v) is 1.94. The molecule has 0 saturated heterocycles. The minimum Gasteiger partial charge on any atom is -0.343 e. The van der Waals surface area contributed by atoms with Crippen molar-refractivity contribution in [3.05, 3.63) is 64.6 Å². The minimum absolute atomic E-state index is 0.173. The highest BCUT2D eigenvalue weighted by atomic mass is 79.9. The van der Waals surface area contributed by atoms with Crippen molar-refractivity contribution in [2.75, 3.05) is 5.32 Å². The number of hydrogen-bond donors (Lipinski definition) is 1. The Morgan fingerprint density at radius 2 is 1.61 bits per heavy atom. The van der Waals surface area contributed by atoms with Gasteiger partial charge >= 0.3 is 0 Å². The van der Waals surface area contributed by atoms with Gasteiger partial charge in [-0.15, -0.1) is 0 Å². The molecule has 0 fully saturated rings. The van der Waals surface area contributed by atoms with E-state index < -0.39 is 0 Å². The molecule has 0 saturated carbocycles. The quantitative estimate of drug-likeness (QED) is 0.683. The van der Waals surface area contributed by atoms with E-state index in [1.807, 2.05) is 42.5 Å². The van der Waals surface area contributed by atoms with Crippen LogP contribution in [0.3, 0.4) is 0 Å². The zero-order valence-corrected chi connectivity index (χ0v) is 11.8. The van der Waals surface area contributed by atoms with Crippen molar-refractivity contribution < 1.29 is 4.79 Å². The molecule has 2 rings (SSSR count). The maximum absolute atomic E-state index is 12.0. The van der Waals surface area contributed by atoms with Crippen molar-refractivity contribution in [3.63, 3.8) is 0 Å². The first kappa shape index (κ1) is 12.9. The number of thiocarbonyl (C=S) groups is 1. The van der Waals surface area contributed by atoms with Crippen LogP contribution in [-0.2, 0) is 0 Å². The van der Waals surface area contributed by atoms with Gasteiger partial charge in [0.05, 0.1) is 0 Å². The number of halogens is 1. The van der Waals surface area contributed by atoms with Crippen molar-refractivity contribution in [1.29, 1.82) is 0 Å². The molecule has 0 bridgehead atoms. The van der Waals surface area contributed by atoms with E-state index in [9.17, 15) is 4.79 Å². The summed E-state index contributed by atoms with van der Waals surface area (Å²) in [6.45, 7) is 0. The van der Waals surface area contributed by atoms with Crippen LogP contribution in [0.5, 0.6) is 0 Å². The fraction of sp³-hybridized carbons (Fsp3) is 0. The molecule has 0 aliphatic carbocycles.